The largest absolute Gasteiger partial charge is 0.496 e. The van der Waals surface area contributed by atoms with Crippen LogP contribution in [0.25, 0.3) is 10.9 Å². The molecular formula is C17H22N2O3. The van der Waals surface area contributed by atoms with Gasteiger partial charge in [-0.2, -0.15) is 0 Å². The van der Waals surface area contributed by atoms with Gasteiger partial charge in [0.2, 0.25) is 5.91 Å². The number of carbonyl (C=O) groups excluding carboxylic acids is 2. The Labute approximate surface area is 130 Å². The minimum absolute atomic E-state index is 0.00830. The van der Waals surface area contributed by atoms with Crippen LogP contribution < -0.4 is 10.1 Å². The fourth-order valence-electron chi connectivity index (χ4n) is 2.71. The normalized spacial score (nSPS) is 10.7. The first kappa shape index (κ1) is 16.1. The summed E-state index contributed by atoms with van der Waals surface area (Å²) in [4.78, 5) is 26.1. The number of Topliss-reactive ketones (excluding diaryl/α,β-unsaturated/α-hetero) is 1. The zero-order valence-electron chi connectivity index (χ0n) is 13.5. The van der Waals surface area contributed by atoms with Crippen LogP contribution in [0.1, 0.15) is 42.4 Å². The Morgan fingerprint density at radius 3 is 2.55 bits per heavy atom. The molecule has 22 heavy (non-hydrogen) atoms. The Bertz CT molecular complexity index is 716. The predicted molar refractivity (Wildman–Crippen MR) is 86.6 cm³/mol. The van der Waals surface area contributed by atoms with Crippen molar-refractivity contribution in [3.8, 4) is 5.75 Å². The molecule has 5 nitrogen and oxygen atoms in total. The second-order valence-electron chi connectivity index (χ2n) is 5.33. The van der Waals surface area contributed by atoms with Crippen molar-refractivity contribution in [3.63, 3.8) is 0 Å². The number of aromatic amines is 1. The Balaban J connectivity index is 2.52. The summed E-state index contributed by atoms with van der Waals surface area (Å²) in [5, 5.41) is 3.75. The molecule has 2 rings (SSSR count). The Morgan fingerprint density at radius 1 is 1.27 bits per heavy atom. The van der Waals surface area contributed by atoms with Crippen molar-refractivity contribution >= 4 is 22.6 Å². The molecule has 2 aromatic rings. The minimum atomic E-state index is -0.0740. The SMILES string of the molecule is CCc1cc2[nH]c(C(C)=O)c(CCNC(C)=O)c2cc1OC. The topological polar surface area (TPSA) is 71.2 Å². The zero-order chi connectivity index (χ0) is 16.3. The van der Waals surface area contributed by atoms with E-state index in [0.717, 1.165) is 34.2 Å². The summed E-state index contributed by atoms with van der Waals surface area (Å²) < 4.78 is 5.44. The van der Waals surface area contributed by atoms with Crippen molar-refractivity contribution in [3.05, 3.63) is 29.0 Å². The fraction of sp³-hybridized carbons (Fsp3) is 0.412. The minimum Gasteiger partial charge on any atom is -0.496 e. The van der Waals surface area contributed by atoms with Gasteiger partial charge in [-0.15, -0.1) is 0 Å². The summed E-state index contributed by atoms with van der Waals surface area (Å²) in [5.41, 5.74) is 3.56. The van der Waals surface area contributed by atoms with Crippen molar-refractivity contribution < 1.29 is 14.3 Å². The second kappa shape index (κ2) is 6.64. The number of nitrogens with one attached hydrogen (secondary N) is 2. The van der Waals surface area contributed by atoms with Crippen molar-refractivity contribution in [2.24, 2.45) is 0 Å². The molecule has 0 unspecified atom stereocenters. The zero-order valence-corrected chi connectivity index (χ0v) is 13.5. The lowest BCUT2D eigenvalue weighted by Crippen LogP contribution is -2.22. The average Bonchev–Trinajstić information content (AvgIpc) is 2.83. The lowest BCUT2D eigenvalue weighted by atomic mass is 10.0. The lowest BCUT2D eigenvalue weighted by molar-refractivity contribution is -0.118. The van der Waals surface area contributed by atoms with Gasteiger partial charge in [0.05, 0.1) is 12.8 Å². The highest BCUT2D eigenvalue weighted by molar-refractivity contribution is 6.01. The van der Waals surface area contributed by atoms with E-state index >= 15 is 0 Å². The van der Waals surface area contributed by atoms with Crippen molar-refractivity contribution in [1.29, 1.82) is 0 Å². The summed E-state index contributed by atoms with van der Waals surface area (Å²) in [5.74, 6) is 0.742. The number of aryl methyl sites for hydroxylation is 1. The molecule has 0 spiro atoms. The average molecular weight is 302 g/mol. The van der Waals surface area contributed by atoms with Crippen LogP contribution in [0.3, 0.4) is 0 Å². The molecule has 2 N–H and O–H groups in total. The standard InChI is InChI=1S/C17H22N2O3/c1-5-12-8-15-14(9-16(12)22-4)13(6-7-18-11(3)21)17(19-15)10(2)20/h8-9,19H,5-7H2,1-4H3,(H,18,21). The number of amides is 1. The van der Waals surface area contributed by atoms with Gasteiger partial charge in [0.25, 0.3) is 0 Å². The molecular weight excluding hydrogens is 280 g/mol. The van der Waals surface area contributed by atoms with Gasteiger partial charge in [-0.3, -0.25) is 9.59 Å². The van der Waals surface area contributed by atoms with Gasteiger partial charge in [-0.05, 0) is 36.1 Å². The number of carbonyl (C=O) groups is 2. The molecule has 1 amide bonds. The van der Waals surface area contributed by atoms with Gasteiger partial charge in [-0.1, -0.05) is 6.92 Å². The van der Waals surface area contributed by atoms with E-state index in [4.69, 9.17) is 4.74 Å². The number of H-pyrrole nitrogens is 1. The van der Waals surface area contributed by atoms with E-state index in [2.05, 4.69) is 17.2 Å². The highest BCUT2D eigenvalue weighted by Gasteiger charge is 2.17. The summed E-state index contributed by atoms with van der Waals surface area (Å²) in [6.07, 6.45) is 1.46. The van der Waals surface area contributed by atoms with Crippen LogP contribution in [-0.2, 0) is 17.6 Å². The number of hydrogen-bond acceptors (Lipinski definition) is 3. The van der Waals surface area contributed by atoms with Gasteiger partial charge in [0.15, 0.2) is 5.78 Å². The molecule has 118 valence electrons. The van der Waals surface area contributed by atoms with Crippen molar-refractivity contribution in [1.82, 2.24) is 10.3 Å². The molecule has 0 aliphatic carbocycles. The van der Waals surface area contributed by atoms with Crippen LogP contribution in [-0.4, -0.2) is 30.3 Å². The highest BCUT2D eigenvalue weighted by atomic mass is 16.5. The summed E-state index contributed by atoms with van der Waals surface area (Å²) in [6, 6.07) is 4.00. The maximum atomic E-state index is 11.9. The van der Waals surface area contributed by atoms with Crippen molar-refractivity contribution in [2.45, 2.75) is 33.6 Å². The summed E-state index contributed by atoms with van der Waals surface area (Å²) >= 11 is 0. The van der Waals surface area contributed by atoms with E-state index in [0.29, 0.717) is 18.7 Å². The van der Waals surface area contributed by atoms with Crippen LogP contribution in [0.4, 0.5) is 0 Å². The summed E-state index contributed by atoms with van der Waals surface area (Å²) in [7, 11) is 1.65. The van der Waals surface area contributed by atoms with E-state index in [1.54, 1.807) is 14.0 Å². The van der Waals surface area contributed by atoms with E-state index < -0.39 is 0 Å². The monoisotopic (exact) mass is 302 g/mol. The number of ketones is 1. The number of benzene rings is 1. The lowest BCUT2D eigenvalue weighted by Gasteiger charge is -2.08. The third-order valence-corrected chi connectivity index (χ3v) is 3.79. The number of methoxy groups -OCH3 is 1. The fourth-order valence-corrected chi connectivity index (χ4v) is 2.71. The molecule has 0 aliphatic rings. The molecule has 0 fully saturated rings. The first-order valence-corrected chi connectivity index (χ1v) is 7.44. The second-order valence-corrected chi connectivity index (χ2v) is 5.33. The maximum Gasteiger partial charge on any atom is 0.216 e. The van der Waals surface area contributed by atoms with Crippen LogP contribution >= 0.6 is 0 Å². The maximum absolute atomic E-state index is 11.9. The highest BCUT2D eigenvalue weighted by Crippen LogP contribution is 2.30. The van der Waals surface area contributed by atoms with Crippen LogP contribution in [0.15, 0.2) is 12.1 Å². The molecule has 0 saturated heterocycles. The molecule has 1 heterocycles. The Kier molecular flexibility index (Phi) is 4.85. The van der Waals surface area contributed by atoms with Crippen LogP contribution in [0.2, 0.25) is 0 Å². The molecule has 0 bridgehead atoms. The van der Waals surface area contributed by atoms with E-state index in [1.807, 2.05) is 12.1 Å². The molecule has 0 radical (unpaired) electrons. The van der Waals surface area contributed by atoms with E-state index in [9.17, 15) is 9.59 Å². The van der Waals surface area contributed by atoms with Gasteiger partial charge < -0.3 is 15.0 Å². The van der Waals surface area contributed by atoms with Gasteiger partial charge in [0, 0.05) is 31.3 Å². The number of ether oxygens (including phenoxy) is 1. The summed E-state index contributed by atoms with van der Waals surface area (Å²) in [6.45, 7) is 5.60. The molecule has 0 saturated carbocycles. The Hall–Kier alpha value is -2.30. The molecule has 1 aromatic carbocycles. The third-order valence-electron chi connectivity index (χ3n) is 3.79. The first-order valence-electron chi connectivity index (χ1n) is 7.44. The predicted octanol–water partition coefficient (Wildman–Crippen LogP) is 2.62. The number of aromatic nitrogens is 1. The molecule has 5 heteroatoms. The number of fused-ring (bicyclic) bond motifs is 1. The van der Waals surface area contributed by atoms with Crippen LogP contribution in [0.5, 0.6) is 5.75 Å². The van der Waals surface area contributed by atoms with Gasteiger partial charge in [-0.25, -0.2) is 0 Å². The quantitative estimate of drug-likeness (QED) is 0.806. The third kappa shape index (κ3) is 3.13. The first-order chi connectivity index (χ1) is 10.5. The van der Waals surface area contributed by atoms with Gasteiger partial charge >= 0.3 is 0 Å². The smallest absolute Gasteiger partial charge is 0.216 e. The van der Waals surface area contributed by atoms with E-state index in [-0.39, 0.29) is 11.7 Å². The molecule has 0 atom stereocenters. The number of hydrogen-bond donors (Lipinski definition) is 2. The van der Waals surface area contributed by atoms with Crippen molar-refractivity contribution in [2.75, 3.05) is 13.7 Å². The Morgan fingerprint density at radius 2 is 2.00 bits per heavy atom. The molecule has 0 aliphatic heterocycles. The number of rotatable bonds is 6. The van der Waals surface area contributed by atoms with Gasteiger partial charge in [0.1, 0.15) is 5.75 Å². The van der Waals surface area contributed by atoms with E-state index in [1.165, 1.54) is 6.92 Å². The van der Waals surface area contributed by atoms with Crippen LogP contribution in [0, 0.1) is 0 Å². The molecule has 1 aromatic heterocycles.